The minimum Gasteiger partial charge on any atom is -0.497 e. The predicted octanol–water partition coefficient (Wildman–Crippen LogP) is 3.89. The van der Waals surface area contributed by atoms with Gasteiger partial charge in [0, 0.05) is 12.2 Å². The summed E-state index contributed by atoms with van der Waals surface area (Å²) in [4.78, 5) is 14.4. The highest BCUT2D eigenvalue weighted by molar-refractivity contribution is 9.10. The smallest absolute Gasteiger partial charge is 0.294 e. The second-order valence-corrected chi connectivity index (χ2v) is 6.11. The summed E-state index contributed by atoms with van der Waals surface area (Å²) in [6, 6.07) is 9.25. The minimum atomic E-state index is -0.112. The van der Waals surface area contributed by atoms with Gasteiger partial charge in [0.2, 0.25) is 0 Å². The molecule has 1 amide bonds. The molecule has 1 aromatic heterocycles. The Labute approximate surface area is 131 Å². The van der Waals surface area contributed by atoms with Crippen molar-refractivity contribution in [3.63, 3.8) is 0 Å². The summed E-state index contributed by atoms with van der Waals surface area (Å²) < 4.78 is 11.2. The molecule has 0 saturated heterocycles. The lowest BCUT2D eigenvalue weighted by Crippen LogP contribution is -2.39. The van der Waals surface area contributed by atoms with Crippen molar-refractivity contribution >= 4 is 27.5 Å². The Hall–Kier alpha value is -1.75. The first-order valence-electron chi connectivity index (χ1n) is 6.82. The van der Waals surface area contributed by atoms with E-state index in [2.05, 4.69) is 22.9 Å². The van der Waals surface area contributed by atoms with E-state index in [1.165, 1.54) is 0 Å². The molecule has 1 aliphatic heterocycles. The van der Waals surface area contributed by atoms with Crippen molar-refractivity contribution in [2.75, 3.05) is 18.6 Å². The van der Waals surface area contributed by atoms with Gasteiger partial charge in [-0.15, -0.1) is 0 Å². The van der Waals surface area contributed by atoms with E-state index < -0.39 is 0 Å². The van der Waals surface area contributed by atoms with Gasteiger partial charge in [-0.1, -0.05) is 6.92 Å². The number of benzene rings is 1. The zero-order chi connectivity index (χ0) is 15.0. The van der Waals surface area contributed by atoms with Gasteiger partial charge in [0.15, 0.2) is 10.4 Å². The van der Waals surface area contributed by atoms with Crippen molar-refractivity contribution in [3.8, 4) is 5.75 Å². The topological polar surface area (TPSA) is 42.7 Å². The quantitative estimate of drug-likeness (QED) is 0.825. The van der Waals surface area contributed by atoms with E-state index in [9.17, 15) is 4.79 Å². The van der Waals surface area contributed by atoms with E-state index in [1.54, 1.807) is 24.1 Å². The van der Waals surface area contributed by atoms with E-state index in [0.717, 1.165) is 23.4 Å². The monoisotopic (exact) mass is 349 g/mol. The van der Waals surface area contributed by atoms with Crippen LogP contribution in [0.25, 0.3) is 0 Å². The molecule has 0 radical (unpaired) electrons. The number of halogens is 1. The Bertz CT molecular complexity index is 680. The number of nitrogens with zero attached hydrogens (tertiary/aromatic N) is 1. The van der Waals surface area contributed by atoms with Crippen molar-refractivity contribution < 1.29 is 13.9 Å². The summed E-state index contributed by atoms with van der Waals surface area (Å²) >= 11 is 3.23. The van der Waals surface area contributed by atoms with E-state index in [-0.39, 0.29) is 5.91 Å². The van der Waals surface area contributed by atoms with Gasteiger partial charge >= 0.3 is 0 Å². The molecule has 5 heteroatoms. The highest BCUT2D eigenvalue weighted by Crippen LogP contribution is 2.33. The summed E-state index contributed by atoms with van der Waals surface area (Å²) in [6.07, 6.45) is 0.943. The first kappa shape index (κ1) is 14.2. The van der Waals surface area contributed by atoms with Gasteiger partial charge in [0.05, 0.1) is 7.11 Å². The van der Waals surface area contributed by atoms with E-state index in [0.29, 0.717) is 22.9 Å². The van der Waals surface area contributed by atoms with E-state index >= 15 is 0 Å². The zero-order valence-electron chi connectivity index (χ0n) is 11.9. The molecule has 0 bridgehead atoms. The number of hydrogen-bond donors (Lipinski definition) is 0. The molecule has 1 unspecified atom stereocenters. The van der Waals surface area contributed by atoms with Gasteiger partial charge in [-0.25, -0.2) is 0 Å². The van der Waals surface area contributed by atoms with Crippen LogP contribution in [0.1, 0.15) is 23.0 Å². The third-order valence-electron chi connectivity index (χ3n) is 3.67. The first-order chi connectivity index (χ1) is 10.1. The van der Waals surface area contributed by atoms with Gasteiger partial charge in [-0.2, -0.15) is 0 Å². The number of furan rings is 1. The van der Waals surface area contributed by atoms with Crippen molar-refractivity contribution in [1.29, 1.82) is 0 Å². The van der Waals surface area contributed by atoms with Gasteiger partial charge in [0.1, 0.15) is 5.75 Å². The molecule has 4 nitrogen and oxygen atoms in total. The average Bonchev–Trinajstić information content (AvgIpc) is 2.91. The van der Waals surface area contributed by atoms with Crippen LogP contribution < -0.4 is 9.64 Å². The number of hydrogen-bond acceptors (Lipinski definition) is 3. The van der Waals surface area contributed by atoms with E-state index in [4.69, 9.17) is 9.15 Å². The normalized spacial score (nSPS) is 17.5. The van der Waals surface area contributed by atoms with E-state index in [1.807, 2.05) is 18.2 Å². The van der Waals surface area contributed by atoms with Crippen LogP contribution in [0.4, 0.5) is 5.69 Å². The molecular weight excluding hydrogens is 334 g/mol. The fourth-order valence-electron chi connectivity index (χ4n) is 2.72. The van der Waals surface area contributed by atoms with Crippen LogP contribution in [0.15, 0.2) is 39.4 Å². The Morgan fingerprint density at radius 3 is 2.86 bits per heavy atom. The lowest BCUT2D eigenvalue weighted by Gasteiger charge is -2.32. The fraction of sp³-hybridized carbons (Fsp3) is 0.312. The average molecular weight is 350 g/mol. The first-order valence-corrected chi connectivity index (χ1v) is 7.62. The Morgan fingerprint density at radius 2 is 2.19 bits per heavy atom. The second-order valence-electron chi connectivity index (χ2n) is 5.32. The predicted molar refractivity (Wildman–Crippen MR) is 83.9 cm³/mol. The Kier molecular flexibility index (Phi) is 3.76. The summed E-state index contributed by atoms with van der Waals surface area (Å²) in [5.41, 5.74) is 2.07. The molecular formula is C16H16BrNO3. The lowest BCUT2D eigenvalue weighted by atomic mass is 9.93. The Morgan fingerprint density at radius 1 is 1.38 bits per heavy atom. The third-order valence-corrected chi connectivity index (χ3v) is 4.10. The number of carbonyl (C=O) groups excluding carboxylic acids is 1. The SMILES string of the molecule is COc1ccc2c(c1)CC(C)CN2C(=O)c1ccc(Br)o1. The van der Waals surface area contributed by atoms with Crippen molar-refractivity contribution in [1.82, 2.24) is 0 Å². The number of ether oxygens (including phenoxy) is 1. The fourth-order valence-corrected chi connectivity index (χ4v) is 3.03. The molecule has 0 saturated carbocycles. The molecule has 0 spiro atoms. The van der Waals surface area contributed by atoms with Gasteiger partial charge in [-0.3, -0.25) is 4.79 Å². The number of anilines is 1. The summed E-state index contributed by atoms with van der Waals surface area (Å²) in [5, 5.41) is 0. The number of rotatable bonds is 2. The second kappa shape index (κ2) is 5.56. The molecule has 1 aliphatic rings. The molecule has 2 heterocycles. The zero-order valence-corrected chi connectivity index (χ0v) is 13.5. The molecule has 21 heavy (non-hydrogen) atoms. The number of amides is 1. The van der Waals surface area contributed by atoms with Crippen LogP contribution in [0.2, 0.25) is 0 Å². The maximum absolute atomic E-state index is 12.7. The van der Waals surface area contributed by atoms with Crippen LogP contribution in [-0.4, -0.2) is 19.6 Å². The van der Waals surface area contributed by atoms with Gasteiger partial charge in [-0.05, 0) is 64.2 Å². The van der Waals surface area contributed by atoms with Crippen LogP contribution in [-0.2, 0) is 6.42 Å². The van der Waals surface area contributed by atoms with Crippen LogP contribution >= 0.6 is 15.9 Å². The van der Waals surface area contributed by atoms with Gasteiger partial charge < -0.3 is 14.1 Å². The molecule has 1 atom stereocenters. The number of fused-ring (bicyclic) bond motifs is 1. The molecule has 2 aromatic rings. The summed E-state index contributed by atoms with van der Waals surface area (Å²) in [7, 11) is 1.65. The highest BCUT2D eigenvalue weighted by atomic mass is 79.9. The number of carbonyl (C=O) groups is 1. The number of methoxy groups -OCH3 is 1. The molecule has 110 valence electrons. The summed E-state index contributed by atoms with van der Waals surface area (Å²) in [5.74, 6) is 1.44. The van der Waals surface area contributed by atoms with Crippen molar-refractivity contribution in [2.24, 2.45) is 5.92 Å². The van der Waals surface area contributed by atoms with Crippen molar-refractivity contribution in [2.45, 2.75) is 13.3 Å². The molecule has 0 N–H and O–H groups in total. The lowest BCUT2D eigenvalue weighted by molar-refractivity contribution is 0.0953. The van der Waals surface area contributed by atoms with Crippen molar-refractivity contribution in [3.05, 3.63) is 46.3 Å². The van der Waals surface area contributed by atoms with Crippen LogP contribution in [0.3, 0.4) is 0 Å². The molecule has 0 fully saturated rings. The summed E-state index contributed by atoms with van der Waals surface area (Å²) in [6.45, 7) is 2.83. The third kappa shape index (κ3) is 2.70. The highest BCUT2D eigenvalue weighted by Gasteiger charge is 2.29. The Balaban J connectivity index is 1.99. The standard InChI is InChI=1S/C16H16BrNO3/c1-10-7-11-8-12(20-2)3-4-13(11)18(9-10)16(19)14-5-6-15(17)21-14/h3-6,8,10H,7,9H2,1-2H3. The molecule has 1 aromatic carbocycles. The maximum Gasteiger partial charge on any atom is 0.294 e. The molecule has 0 aliphatic carbocycles. The largest absolute Gasteiger partial charge is 0.497 e. The minimum absolute atomic E-state index is 0.112. The maximum atomic E-state index is 12.7. The van der Waals surface area contributed by atoms with Crippen LogP contribution in [0.5, 0.6) is 5.75 Å². The molecule has 3 rings (SSSR count). The van der Waals surface area contributed by atoms with Gasteiger partial charge in [0.25, 0.3) is 5.91 Å². The van der Waals surface area contributed by atoms with Crippen LogP contribution in [0, 0.1) is 5.92 Å².